The van der Waals surface area contributed by atoms with E-state index in [9.17, 15) is 4.79 Å². The summed E-state index contributed by atoms with van der Waals surface area (Å²) in [7, 11) is 1.78. The topological polar surface area (TPSA) is 50.4 Å². The van der Waals surface area contributed by atoms with Gasteiger partial charge in [0.2, 0.25) is 5.91 Å². The van der Waals surface area contributed by atoms with Crippen LogP contribution in [0.4, 0.5) is 0 Å². The maximum Gasteiger partial charge on any atom is 0.237 e. The molecule has 16 heavy (non-hydrogen) atoms. The van der Waals surface area contributed by atoms with Crippen LogP contribution in [0.2, 0.25) is 0 Å². The van der Waals surface area contributed by atoms with Gasteiger partial charge in [-0.25, -0.2) is 0 Å². The van der Waals surface area contributed by atoms with Crippen LogP contribution in [0.15, 0.2) is 0 Å². The van der Waals surface area contributed by atoms with Gasteiger partial charge in [0.25, 0.3) is 0 Å². The number of hydrogen-bond donors (Lipinski definition) is 2. The molecule has 2 fully saturated rings. The Kier molecular flexibility index (Phi) is 4.18. The average molecular weight is 226 g/mol. The zero-order valence-electron chi connectivity index (χ0n) is 10.00. The van der Waals surface area contributed by atoms with E-state index in [0.29, 0.717) is 12.1 Å². The summed E-state index contributed by atoms with van der Waals surface area (Å²) >= 11 is 0. The largest absolute Gasteiger partial charge is 0.381 e. The van der Waals surface area contributed by atoms with Crippen LogP contribution in [0.1, 0.15) is 38.5 Å². The lowest BCUT2D eigenvalue weighted by atomic mass is 9.91. The zero-order chi connectivity index (χ0) is 11.4. The number of rotatable bonds is 3. The Morgan fingerprint density at radius 1 is 1.25 bits per heavy atom. The highest BCUT2D eigenvalue weighted by Gasteiger charge is 2.27. The van der Waals surface area contributed by atoms with Gasteiger partial charge in [0.05, 0.1) is 12.1 Å². The van der Waals surface area contributed by atoms with E-state index in [0.717, 1.165) is 45.1 Å². The Hall–Kier alpha value is -0.610. The summed E-state index contributed by atoms with van der Waals surface area (Å²) in [6.07, 6.45) is 6.99. The molecule has 92 valence electrons. The number of nitrogens with one attached hydrogen (secondary N) is 2. The van der Waals surface area contributed by atoms with E-state index in [1.54, 1.807) is 7.11 Å². The predicted octanol–water partition coefficient (Wildman–Crippen LogP) is 0.812. The quantitative estimate of drug-likeness (QED) is 0.749. The average Bonchev–Trinajstić information content (AvgIpc) is 2.33. The van der Waals surface area contributed by atoms with E-state index in [-0.39, 0.29) is 11.9 Å². The molecular formula is C12H22N2O2. The fourth-order valence-corrected chi connectivity index (χ4v) is 2.68. The molecule has 1 aliphatic heterocycles. The van der Waals surface area contributed by atoms with E-state index in [2.05, 4.69) is 10.6 Å². The first-order valence-electron chi connectivity index (χ1n) is 6.36. The van der Waals surface area contributed by atoms with Gasteiger partial charge in [0.15, 0.2) is 0 Å². The van der Waals surface area contributed by atoms with E-state index < -0.39 is 0 Å². The van der Waals surface area contributed by atoms with Gasteiger partial charge in [-0.1, -0.05) is 0 Å². The molecule has 1 heterocycles. The Bertz CT molecular complexity index is 237. The van der Waals surface area contributed by atoms with Crippen molar-refractivity contribution >= 4 is 5.91 Å². The highest BCUT2D eigenvalue weighted by Crippen LogP contribution is 2.21. The van der Waals surface area contributed by atoms with Crippen LogP contribution in [0.25, 0.3) is 0 Å². The van der Waals surface area contributed by atoms with E-state index in [4.69, 9.17) is 4.74 Å². The second-order valence-corrected chi connectivity index (χ2v) is 4.86. The van der Waals surface area contributed by atoms with E-state index in [1.165, 1.54) is 0 Å². The first-order valence-corrected chi connectivity index (χ1v) is 6.36. The number of ether oxygens (including phenoxy) is 1. The van der Waals surface area contributed by atoms with Gasteiger partial charge >= 0.3 is 0 Å². The molecule has 0 spiro atoms. The molecule has 4 heteroatoms. The summed E-state index contributed by atoms with van der Waals surface area (Å²) < 4.78 is 5.34. The Morgan fingerprint density at radius 3 is 2.62 bits per heavy atom. The zero-order valence-corrected chi connectivity index (χ0v) is 10.00. The molecule has 1 unspecified atom stereocenters. The second kappa shape index (κ2) is 5.64. The van der Waals surface area contributed by atoms with Crippen LogP contribution in [-0.2, 0) is 9.53 Å². The van der Waals surface area contributed by atoms with Gasteiger partial charge in [-0.15, -0.1) is 0 Å². The van der Waals surface area contributed by atoms with Crippen molar-refractivity contribution < 1.29 is 9.53 Å². The number of carbonyl (C=O) groups is 1. The Labute approximate surface area is 97.1 Å². The summed E-state index contributed by atoms with van der Waals surface area (Å²) in [5.74, 6) is 0.181. The van der Waals surface area contributed by atoms with E-state index >= 15 is 0 Å². The summed E-state index contributed by atoms with van der Waals surface area (Å²) in [6.45, 7) is 0.841. The third-order valence-electron chi connectivity index (χ3n) is 3.73. The molecule has 4 nitrogen and oxygen atoms in total. The lowest BCUT2D eigenvalue weighted by Gasteiger charge is -2.32. The number of amides is 1. The Balaban J connectivity index is 1.75. The normalized spacial score (nSPS) is 35.8. The minimum Gasteiger partial charge on any atom is -0.381 e. The Morgan fingerprint density at radius 2 is 2.00 bits per heavy atom. The first kappa shape index (κ1) is 11.9. The monoisotopic (exact) mass is 226 g/mol. The molecule has 1 aliphatic carbocycles. The van der Waals surface area contributed by atoms with Crippen molar-refractivity contribution in [3.63, 3.8) is 0 Å². The first-order chi connectivity index (χ1) is 7.79. The molecule has 2 N–H and O–H groups in total. The minimum atomic E-state index is 0.0397. The SMILES string of the molecule is COC1CCC(NC2CCCNC2=O)CC1. The third-order valence-corrected chi connectivity index (χ3v) is 3.73. The molecule has 1 atom stereocenters. The van der Waals surface area contributed by atoms with Gasteiger partial charge in [0, 0.05) is 19.7 Å². The fraction of sp³-hybridized carbons (Fsp3) is 0.917. The molecule has 1 amide bonds. The molecule has 2 rings (SSSR count). The number of piperidine rings is 1. The molecular weight excluding hydrogens is 204 g/mol. The van der Waals surface area contributed by atoms with Crippen molar-refractivity contribution in [3.8, 4) is 0 Å². The number of carbonyl (C=O) groups excluding carboxylic acids is 1. The fourth-order valence-electron chi connectivity index (χ4n) is 2.68. The standard InChI is InChI=1S/C12H22N2O2/c1-16-10-6-4-9(5-7-10)14-11-3-2-8-13-12(11)15/h9-11,14H,2-8H2,1H3,(H,13,15). The van der Waals surface area contributed by atoms with Crippen molar-refractivity contribution in [1.82, 2.24) is 10.6 Å². The molecule has 2 aliphatic rings. The lowest BCUT2D eigenvalue weighted by molar-refractivity contribution is -0.124. The van der Waals surface area contributed by atoms with Gasteiger partial charge in [-0.3, -0.25) is 4.79 Å². The third kappa shape index (κ3) is 2.95. The van der Waals surface area contributed by atoms with Crippen molar-refractivity contribution in [1.29, 1.82) is 0 Å². The van der Waals surface area contributed by atoms with E-state index in [1.807, 2.05) is 0 Å². The van der Waals surface area contributed by atoms with Crippen molar-refractivity contribution in [3.05, 3.63) is 0 Å². The van der Waals surface area contributed by atoms with Crippen molar-refractivity contribution in [2.75, 3.05) is 13.7 Å². The van der Waals surface area contributed by atoms with Crippen LogP contribution in [0.5, 0.6) is 0 Å². The molecule has 1 saturated heterocycles. The van der Waals surface area contributed by atoms with Crippen molar-refractivity contribution in [2.45, 2.75) is 56.7 Å². The highest BCUT2D eigenvalue weighted by molar-refractivity contribution is 5.82. The molecule has 0 bridgehead atoms. The predicted molar refractivity (Wildman–Crippen MR) is 62.2 cm³/mol. The molecule has 0 aromatic carbocycles. The van der Waals surface area contributed by atoms with Crippen LogP contribution in [-0.4, -0.2) is 37.7 Å². The maximum atomic E-state index is 11.6. The summed E-state index contributed by atoms with van der Waals surface area (Å²) in [6, 6.07) is 0.540. The van der Waals surface area contributed by atoms with Gasteiger partial charge < -0.3 is 15.4 Å². The maximum absolute atomic E-state index is 11.6. The minimum absolute atomic E-state index is 0.0397. The molecule has 1 saturated carbocycles. The smallest absolute Gasteiger partial charge is 0.237 e. The molecule has 0 aromatic heterocycles. The highest BCUT2D eigenvalue weighted by atomic mass is 16.5. The lowest BCUT2D eigenvalue weighted by Crippen LogP contribution is -2.52. The number of methoxy groups -OCH3 is 1. The summed E-state index contributed by atoms with van der Waals surface area (Å²) in [5, 5.41) is 6.40. The second-order valence-electron chi connectivity index (χ2n) is 4.86. The van der Waals surface area contributed by atoms with Crippen LogP contribution in [0.3, 0.4) is 0 Å². The van der Waals surface area contributed by atoms with Crippen LogP contribution < -0.4 is 10.6 Å². The van der Waals surface area contributed by atoms with Crippen LogP contribution in [0, 0.1) is 0 Å². The number of hydrogen-bond acceptors (Lipinski definition) is 3. The van der Waals surface area contributed by atoms with Crippen LogP contribution >= 0.6 is 0 Å². The van der Waals surface area contributed by atoms with Crippen molar-refractivity contribution in [2.24, 2.45) is 0 Å². The van der Waals surface area contributed by atoms with Gasteiger partial charge in [0.1, 0.15) is 0 Å². The summed E-state index contributed by atoms with van der Waals surface area (Å²) in [5.41, 5.74) is 0. The summed E-state index contributed by atoms with van der Waals surface area (Å²) in [4.78, 5) is 11.6. The van der Waals surface area contributed by atoms with Gasteiger partial charge in [-0.05, 0) is 38.5 Å². The molecule has 0 aromatic rings. The molecule has 0 radical (unpaired) electrons. The van der Waals surface area contributed by atoms with Gasteiger partial charge in [-0.2, -0.15) is 0 Å².